The molecule has 2 N–H and O–H groups in total. The number of hydrogen-bond acceptors (Lipinski definition) is 4. The van der Waals surface area contributed by atoms with Gasteiger partial charge >= 0.3 is 0 Å². The van der Waals surface area contributed by atoms with Crippen LogP contribution in [0.25, 0.3) is 0 Å². The lowest BCUT2D eigenvalue weighted by Crippen LogP contribution is -2.31. The smallest absolute Gasteiger partial charge is 0.269 e. The molecule has 5 nitrogen and oxygen atoms in total. The molecule has 0 atom stereocenters. The van der Waals surface area contributed by atoms with Gasteiger partial charge in [0.25, 0.3) is 5.91 Å². The van der Waals surface area contributed by atoms with E-state index >= 15 is 0 Å². The van der Waals surface area contributed by atoms with Crippen molar-refractivity contribution in [3.63, 3.8) is 0 Å². The van der Waals surface area contributed by atoms with Crippen molar-refractivity contribution in [2.75, 3.05) is 32.5 Å². The van der Waals surface area contributed by atoms with Crippen LogP contribution >= 0.6 is 0 Å². The van der Waals surface area contributed by atoms with E-state index in [1.807, 2.05) is 19.0 Å². The van der Waals surface area contributed by atoms with E-state index in [0.717, 1.165) is 17.8 Å². The number of nitrogens with one attached hydrogen (secondary N) is 2. The lowest BCUT2D eigenvalue weighted by Gasteiger charge is -2.11. The second-order valence-electron chi connectivity index (χ2n) is 5.47. The monoisotopic (exact) mass is 316 g/mol. The van der Waals surface area contributed by atoms with E-state index in [1.165, 1.54) is 12.1 Å². The zero-order chi connectivity index (χ0) is 16.7. The minimum Gasteiger partial charge on any atom is -0.381 e. The Kier molecular flexibility index (Phi) is 6.05. The molecular formula is C17H21FN4O. The number of anilines is 1. The van der Waals surface area contributed by atoms with Gasteiger partial charge in [0.1, 0.15) is 11.5 Å². The van der Waals surface area contributed by atoms with E-state index in [4.69, 9.17) is 0 Å². The number of carbonyl (C=O) groups excluding carboxylic acids is 1. The van der Waals surface area contributed by atoms with E-state index < -0.39 is 0 Å². The highest BCUT2D eigenvalue weighted by Gasteiger charge is 2.07. The Balaban J connectivity index is 1.91. The summed E-state index contributed by atoms with van der Waals surface area (Å²) in [5.74, 6) is -0.452. The summed E-state index contributed by atoms with van der Waals surface area (Å²) >= 11 is 0. The molecule has 1 aromatic carbocycles. The third-order valence-electron chi connectivity index (χ3n) is 3.25. The van der Waals surface area contributed by atoms with Gasteiger partial charge in [-0.3, -0.25) is 9.78 Å². The molecule has 0 spiro atoms. The van der Waals surface area contributed by atoms with Gasteiger partial charge in [-0.1, -0.05) is 12.1 Å². The van der Waals surface area contributed by atoms with E-state index in [1.54, 1.807) is 30.5 Å². The highest BCUT2D eigenvalue weighted by Crippen LogP contribution is 2.11. The number of amides is 1. The fourth-order valence-electron chi connectivity index (χ4n) is 1.95. The highest BCUT2D eigenvalue weighted by atomic mass is 19.1. The van der Waals surface area contributed by atoms with Gasteiger partial charge < -0.3 is 15.5 Å². The van der Waals surface area contributed by atoms with Crippen molar-refractivity contribution < 1.29 is 9.18 Å². The molecule has 0 unspecified atom stereocenters. The van der Waals surface area contributed by atoms with Crippen LogP contribution in [0.1, 0.15) is 16.1 Å². The standard InChI is InChI=1S/C17H21FN4O/c1-22(2)10-9-20-17(23)16-11-15(7-8-19-16)21-12-13-3-5-14(18)6-4-13/h3-8,11H,9-10,12H2,1-2H3,(H,19,21)(H,20,23). The number of halogens is 1. The van der Waals surface area contributed by atoms with Crippen LogP contribution in [0, 0.1) is 5.82 Å². The van der Waals surface area contributed by atoms with Gasteiger partial charge in [0.05, 0.1) is 0 Å². The van der Waals surface area contributed by atoms with E-state index in [2.05, 4.69) is 15.6 Å². The molecule has 0 fully saturated rings. The van der Waals surface area contributed by atoms with Crippen LogP contribution in [-0.2, 0) is 6.54 Å². The molecule has 0 saturated carbocycles. The van der Waals surface area contributed by atoms with Gasteiger partial charge in [-0.15, -0.1) is 0 Å². The first-order valence-electron chi connectivity index (χ1n) is 7.42. The summed E-state index contributed by atoms with van der Waals surface area (Å²) in [6.45, 7) is 1.89. The Morgan fingerprint density at radius 2 is 1.96 bits per heavy atom. The number of likely N-dealkylation sites (N-methyl/N-ethyl adjacent to an activating group) is 1. The van der Waals surface area contributed by atoms with Crippen molar-refractivity contribution in [1.82, 2.24) is 15.2 Å². The topological polar surface area (TPSA) is 57.3 Å². The summed E-state index contributed by atoms with van der Waals surface area (Å²) < 4.78 is 12.9. The molecule has 0 bridgehead atoms. The van der Waals surface area contributed by atoms with Crippen LogP contribution in [0.3, 0.4) is 0 Å². The average molecular weight is 316 g/mol. The number of carbonyl (C=O) groups is 1. The van der Waals surface area contributed by atoms with Crippen molar-refractivity contribution in [3.8, 4) is 0 Å². The molecule has 0 aliphatic carbocycles. The highest BCUT2D eigenvalue weighted by molar-refractivity contribution is 5.93. The summed E-state index contributed by atoms with van der Waals surface area (Å²) in [6, 6.07) is 9.78. The SMILES string of the molecule is CN(C)CCNC(=O)c1cc(NCc2ccc(F)cc2)ccn1. The third-order valence-corrected chi connectivity index (χ3v) is 3.25. The van der Waals surface area contributed by atoms with E-state index in [0.29, 0.717) is 18.8 Å². The number of pyridine rings is 1. The second kappa shape index (κ2) is 8.24. The lowest BCUT2D eigenvalue weighted by atomic mass is 10.2. The first-order chi connectivity index (χ1) is 11.0. The molecule has 1 heterocycles. The predicted octanol–water partition coefficient (Wildman–Crippen LogP) is 2.12. The zero-order valence-corrected chi connectivity index (χ0v) is 13.3. The summed E-state index contributed by atoms with van der Waals surface area (Å²) in [4.78, 5) is 18.1. The number of rotatable bonds is 7. The summed E-state index contributed by atoms with van der Waals surface area (Å²) in [7, 11) is 3.90. The van der Waals surface area contributed by atoms with Crippen LogP contribution in [0.2, 0.25) is 0 Å². The van der Waals surface area contributed by atoms with Crippen LogP contribution < -0.4 is 10.6 Å². The first kappa shape index (κ1) is 16.9. The van der Waals surface area contributed by atoms with Crippen molar-refractivity contribution in [2.45, 2.75) is 6.54 Å². The zero-order valence-electron chi connectivity index (χ0n) is 13.3. The van der Waals surface area contributed by atoms with Crippen molar-refractivity contribution in [3.05, 3.63) is 59.7 Å². The van der Waals surface area contributed by atoms with Gasteiger partial charge in [-0.05, 0) is 43.9 Å². The summed E-state index contributed by atoms with van der Waals surface area (Å²) in [5.41, 5.74) is 2.12. The number of benzene rings is 1. The minimum atomic E-state index is -0.255. The van der Waals surface area contributed by atoms with Gasteiger partial charge in [0.2, 0.25) is 0 Å². The Morgan fingerprint density at radius 3 is 2.65 bits per heavy atom. The lowest BCUT2D eigenvalue weighted by molar-refractivity contribution is 0.0946. The fourth-order valence-corrected chi connectivity index (χ4v) is 1.95. The third kappa shape index (κ3) is 5.67. The minimum absolute atomic E-state index is 0.197. The molecule has 0 radical (unpaired) electrons. The molecule has 1 amide bonds. The van der Waals surface area contributed by atoms with Crippen LogP contribution in [-0.4, -0.2) is 43.0 Å². The molecule has 1 aromatic heterocycles. The Bertz CT molecular complexity index is 643. The Labute approximate surface area is 135 Å². The maximum absolute atomic E-state index is 12.9. The van der Waals surface area contributed by atoms with E-state index in [-0.39, 0.29) is 11.7 Å². The van der Waals surface area contributed by atoms with Crippen molar-refractivity contribution in [1.29, 1.82) is 0 Å². The van der Waals surface area contributed by atoms with Crippen LogP contribution in [0.15, 0.2) is 42.6 Å². The number of hydrogen-bond donors (Lipinski definition) is 2. The fraction of sp³-hybridized carbons (Fsp3) is 0.294. The molecule has 0 aliphatic rings. The molecular weight excluding hydrogens is 295 g/mol. The van der Waals surface area contributed by atoms with Gasteiger partial charge in [-0.25, -0.2) is 4.39 Å². The summed E-state index contributed by atoms with van der Waals surface area (Å²) in [6.07, 6.45) is 1.59. The maximum atomic E-state index is 12.9. The molecule has 6 heteroatoms. The molecule has 0 saturated heterocycles. The predicted molar refractivity (Wildman–Crippen MR) is 88.9 cm³/mol. The Hall–Kier alpha value is -2.47. The van der Waals surface area contributed by atoms with Crippen molar-refractivity contribution in [2.24, 2.45) is 0 Å². The van der Waals surface area contributed by atoms with Gasteiger partial charge in [0.15, 0.2) is 0 Å². The van der Waals surface area contributed by atoms with Gasteiger partial charge in [0, 0.05) is 31.5 Å². The number of aromatic nitrogens is 1. The summed E-state index contributed by atoms with van der Waals surface area (Å²) in [5, 5.41) is 6.02. The average Bonchev–Trinajstić information content (AvgIpc) is 2.54. The van der Waals surface area contributed by atoms with Crippen LogP contribution in [0.5, 0.6) is 0 Å². The molecule has 122 valence electrons. The first-order valence-corrected chi connectivity index (χ1v) is 7.42. The molecule has 2 aromatic rings. The van der Waals surface area contributed by atoms with Crippen LogP contribution in [0.4, 0.5) is 10.1 Å². The Morgan fingerprint density at radius 1 is 1.22 bits per heavy atom. The largest absolute Gasteiger partial charge is 0.381 e. The molecule has 23 heavy (non-hydrogen) atoms. The normalized spacial score (nSPS) is 10.6. The maximum Gasteiger partial charge on any atom is 0.269 e. The van der Waals surface area contributed by atoms with Crippen molar-refractivity contribution >= 4 is 11.6 Å². The van der Waals surface area contributed by atoms with Gasteiger partial charge in [-0.2, -0.15) is 0 Å². The van der Waals surface area contributed by atoms with E-state index in [9.17, 15) is 9.18 Å². The molecule has 2 rings (SSSR count). The second-order valence-corrected chi connectivity index (χ2v) is 5.47. The quantitative estimate of drug-likeness (QED) is 0.821. The number of nitrogens with zero attached hydrogens (tertiary/aromatic N) is 2. The molecule has 0 aliphatic heterocycles.